The molecule has 0 aliphatic carbocycles. The highest BCUT2D eigenvalue weighted by molar-refractivity contribution is 5.90. The summed E-state index contributed by atoms with van der Waals surface area (Å²) in [5.74, 6) is 1.33. The predicted molar refractivity (Wildman–Crippen MR) is 103 cm³/mol. The highest BCUT2D eigenvalue weighted by Crippen LogP contribution is 2.35. The summed E-state index contributed by atoms with van der Waals surface area (Å²) in [5, 5.41) is 1.24. The molecule has 0 spiro atoms. The summed E-state index contributed by atoms with van der Waals surface area (Å²) in [6, 6.07) is 4.18. The maximum Gasteiger partial charge on any atom is 0.146 e. The summed E-state index contributed by atoms with van der Waals surface area (Å²) in [5.41, 5.74) is 12.4. The number of carbonyl (C=O) groups is 1. The molecule has 1 aromatic carbocycles. The van der Waals surface area contributed by atoms with Crippen molar-refractivity contribution in [3.8, 4) is 0 Å². The number of H-pyrrole nitrogens is 1. The SMILES string of the molecule is CC(=O)C(N)Cc1c(C(C)C)[nH]c2c(C(C)C)cc(C(C)C)cc12. The number of aromatic amines is 1. The average molecular weight is 329 g/mol. The van der Waals surface area contributed by atoms with Crippen LogP contribution in [0.15, 0.2) is 12.1 Å². The summed E-state index contributed by atoms with van der Waals surface area (Å²) >= 11 is 0. The molecule has 0 radical (unpaired) electrons. The van der Waals surface area contributed by atoms with Crippen LogP contribution in [0.3, 0.4) is 0 Å². The fourth-order valence-electron chi connectivity index (χ4n) is 3.29. The van der Waals surface area contributed by atoms with Crippen molar-refractivity contribution in [1.82, 2.24) is 4.98 Å². The van der Waals surface area contributed by atoms with E-state index in [0.717, 1.165) is 0 Å². The zero-order valence-corrected chi connectivity index (χ0v) is 16.2. The van der Waals surface area contributed by atoms with Gasteiger partial charge in [-0.3, -0.25) is 4.79 Å². The Labute approximate surface area is 146 Å². The quantitative estimate of drug-likeness (QED) is 0.784. The van der Waals surface area contributed by atoms with Crippen molar-refractivity contribution in [3.05, 3.63) is 34.5 Å². The van der Waals surface area contributed by atoms with Crippen LogP contribution in [0.4, 0.5) is 0 Å². The van der Waals surface area contributed by atoms with Crippen LogP contribution in [0.5, 0.6) is 0 Å². The van der Waals surface area contributed by atoms with Gasteiger partial charge in [0.15, 0.2) is 0 Å². The number of nitrogens with one attached hydrogen (secondary N) is 1. The lowest BCUT2D eigenvalue weighted by atomic mass is 9.90. The Bertz CT molecular complexity index is 738. The molecule has 2 aromatic rings. The Hall–Kier alpha value is -1.61. The van der Waals surface area contributed by atoms with Gasteiger partial charge in [-0.1, -0.05) is 47.6 Å². The van der Waals surface area contributed by atoms with Gasteiger partial charge in [-0.25, -0.2) is 0 Å². The van der Waals surface area contributed by atoms with Crippen LogP contribution in [-0.2, 0) is 11.2 Å². The fourth-order valence-corrected chi connectivity index (χ4v) is 3.29. The lowest BCUT2D eigenvalue weighted by Gasteiger charge is -2.14. The number of fused-ring (bicyclic) bond motifs is 1. The molecule has 132 valence electrons. The van der Waals surface area contributed by atoms with E-state index in [0.29, 0.717) is 24.2 Å². The van der Waals surface area contributed by atoms with Gasteiger partial charge >= 0.3 is 0 Å². The van der Waals surface area contributed by atoms with Crippen molar-refractivity contribution >= 4 is 16.7 Å². The lowest BCUT2D eigenvalue weighted by Crippen LogP contribution is -2.30. The summed E-state index contributed by atoms with van der Waals surface area (Å²) in [6.07, 6.45) is 0.599. The van der Waals surface area contributed by atoms with Gasteiger partial charge in [-0.15, -0.1) is 0 Å². The summed E-state index contributed by atoms with van der Waals surface area (Å²) in [6.45, 7) is 14.9. The first-order valence-corrected chi connectivity index (χ1v) is 9.07. The third-order valence-corrected chi connectivity index (χ3v) is 4.91. The number of hydrogen-bond donors (Lipinski definition) is 2. The van der Waals surface area contributed by atoms with Gasteiger partial charge in [0.05, 0.1) is 6.04 Å². The molecule has 3 N–H and O–H groups in total. The Morgan fingerprint density at radius 3 is 2.12 bits per heavy atom. The Kier molecular flexibility index (Phi) is 5.54. The van der Waals surface area contributed by atoms with Gasteiger partial charge in [-0.05, 0) is 53.9 Å². The molecule has 2 rings (SSSR count). The van der Waals surface area contributed by atoms with Crippen molar-refractivity contribution in [2.24, 2.45) is 5.73 Å². The first-order valence-electron chi connectivity index (χ1n) is 9.07. The van der Waals surface area contributed by atoms with Crippen molar-refractivity contribution in [3.63, 3.8) is 0 Å². The predicted octanol–water partition coefficient (Wildman–Crippen LogP) is 5.00. The van der Waals surface area contributed by atoms with Crippen LogP contribution >= 0.6 is 0 Å². The number of aromatic nitrogens is 1. The Morgan fingerprint density at radius 2 is 1.67 bits per heavy atom. The molecule has 0 amide bonds. The highest BCUT2D eigenvalue weighted by Gasteiger charge is 2.21. The van der Waals surface area contributed by atoms with E-state index in [1.165, 1.54) is 33.3 Å². The molecule has 1 atom stereocenters. The highest BCUT2D eigenvalue weighted by atomic mass is 16.1. The standard InChI is InChI=1S/C21H32N2O/c1-11(2)15-8-16(12(3)4)21-17(9-15)18(10-19(22)14(7)24)20(23-21)13(5)6/h8-9,11-13,19,23H,10,22H2,1-7H3. The van der Waals surface area contributed by atoms with Gasteiger partial charge in [0, 0.05) is 16.6 Å². The number of hydrogen-bond acceptors (Lipinski definition) is 2. The molecule has 24 heavy (non-hydrogen) atoms. The first-order chi connectivity index (χ1) is 11.1. The molecule has 3 heteroatoms. The minimum atomic E-state index is -0.438. The molecule has 0 bridgehead atoms. The van der Waals surface area contributed by atoms with Crippen LogP contribution in [-0.4, -0.2) is 16.8 Å². The van der Waals surface area contributed by atoms with Crippen LogP contribution in [0.2, 0.25) is 0 Å². The zero-order valence-electron chi connectivity index (χ0n) is 16.2. The van der Waals surface area contributed by atoms with Crippen LogP contribution < -0.4 is 5.73 Å². The molecule has 1 unspecified atom stereocenters. The maximum absolute atomic E-state index is 11.7. The number of rotatable bonds is 6. The second-order valence-electron chi connectivity index (χ2n) is 7.94. The molecule has 0 aliphatic heterocycles. The smallest absolute Gasteiger partial charge is 0.146 e. The minimum absolute atomic E-state index is 0.0446. The average Bonchev–Trinajstić information content (AvgIpc) is 2.84. The molecule has 0 saturated heterocycles. The largest absolute Gasteiger partial charge is 0.358 e. The van der Waals surface area contributed by atoms with E-state index in [4.69, 9.17) is 5.73 Å². The van der Waals surface area contributed by atoms with E-state index in [1.54, 1.807) is 6.92 Å². The summed E-state index contributed by atoms with van der Waals surface area (Å²) in [4.78, 5) is 15.4. The van der Waals surface area contributed by atoms with E-state index in [2.05, 4.69) is 58.7 Å². The second-order valence-corrected chi connectivity index (χ2v) is 7.94. The van der Waals surface area contributed by atoms with Crippen molar-refractivity contribution in [1.29, 1.82) is 0 Å². The lowest BCUT2D eigenvalue weighted by molar-refractivity contribution is -0.118. The molecule has 0 fully saturated rings. The first kappa shape index (κ1) is 18.7. The van der Waals surface area contributed by atoms with Crippen LogP contribution in [0.25, 0.3) is 10.9 Å². The molecule has 3 nitrogen and oxygen atoms in total. The van der Waals surface area contributed by atoms with Crippen molar-refractivity contribution in [2.75, 3.05) is 0 Å². The molecule has 1 heterocycles. The number of nitrogens with two attached hydrogens (primary N) is 1. The van der Waals surface area contributed by atoms with Gasteiger partial charge in [-0.2, -0.15) is 0 Å². The number of Topliss-reactive ketones (excluding diaryl/α,β-unsaturated/α-hetero) is 1. The second kappa shape index (κ2) is 7.10. The van der Waals surface area contributed by atoms with E-state index >= 15 is 0 Å². The van der Waals surface area contributed by atoms with Gasteiger partial charge < -0.3 is 10.7 Å². The minimum Gasteiger partial charge on any atom is -0.358 e. The number of benzene rings is 1. The maximum atomic E-state index is 11.7. The topological polar surface area (TPSA) is 58.9 Å². The van der Waals surface area contributed by atoms with Crippen LogP contribution in [0.1, 0.15) is 88.6 Å². The Balaban J connectivity index is 2.77. The normalized spacial score (nSPS) is 13.5. The Morgan fingerprint density at radius 1 is 1.04 bits per heavy atom. The number of ketones is 1. The third kappa shape index (κ3) is 3.56. The van der Waals surface area contributed by atoms with E-state index in [1.807, 2.05) is 0 Å². The molecule has 0 saturated carbocycles. The zero-order chi connectivity index (χ0) is 18.2. The molecule has 1 aromatic heterocycles. The van der Waals surface area contributed by atoms with Crippen molar-refractivity contribution in [2.45, 2.75) is 78.7 Å². The summed E-state index contributed by atoms with van der Waals surface area (Å²) < 4.78 is 0. The van der Waals surface area contributed by atoms with E-state index in [-0.39, 0.29) is 5.78 Å². The van der Waals surface area contributed by atoms with Crippen LogP contribution in [0, 0.1) is 0 Å². The van der Waals surface area contributed by atoms with Gasteiger partial charge in [0.1, 0.15) is 5.78 Å². The third-order valence-electron chi connectivity index (χ3n) is 4.91. The molecule has 0 aliphatic rings. The monoisotopic (exact) mass is 328 g/mol. The molecular weight excluding hydrogens is 296 g/mol. The van der Waals surface area contributed by atoms with Gasteiger partial charge in [0.25, 0.3) is 0 Å². The van der Waals surface area contributed by atoms with Crippen molar-refractivity contribution < 1.29 is 4.79 Å². The van der Waals surface area contributed by atoms with Gasteiger partial charge in [0.2, 0.25) is 0 Å². The molecular formula is C21H32N2O. The van der Waals surface area contributed by atoms with E-state index in [9.17, 15) is 4.79 Å². The summed E-state index contributed by atoms with van der Waals surface area (Å²) in [7, 11) is 0. The number of carbonyl (C=O) groups excluding carboxylic acids is 1. The van der Waals surface area contributed by atoms with E-state index < -0.39 is 6.04 Å². The fraction of sp³-hybridized carbons (Fsp3) is 0.571.